The molecule has 1 aromatic carbocycles. The number of aromatic nitrogens is 2. The Labute approximate surface area is 153 Å². The molecule has 0 aliphatic carbocycles. The van der Waals surface area contributed by atoms with Gasteiger partial charge in [0.2, 0.25) is 0 Å². The summed E-state index contributed by atoms with van der Waals surface area (Å²) < 4.78 is 0. The second kappa shape index (κ2) is 8.08. The molecule has 1 aromatic heterocycles. The number of benzene rings is 1. The Kier molecular flexibility index (Phi) is 5.61. The van der Waals surface area contributed by atoms with Crippen molar-refractivity contribution < 1.29 is 9.59 Å². The second-order valence-electron chi connectivity index (χ2n) is 6.67. The molecule has 0 saturated carbocycles. The van der Waals surface area contributed by atoms with Gasteiger partial charge in [-0.15, -0.1) is 0 Å². The molecule has 0 bridgehead atoms. The molecule has 6 heteroatoms. The second-order valence-corrected chi connectivity index (χ2v) is 6.67. The monoisotopic (exact) mass is 352 g/mol. The highest BCUT2D eigenvalue weighted by atomic mass is 16.2. The maximum atomic E-state index is 12.5. The Morgan fingerprint density at radius 2 is 1.73 bits per heavy atom. The van der Waals surface area contributed by atoms with Crippen LogP contribution in [-0.4, -0.2) is 39.8 Å². The summed E-state index contributed by atoms with van der Waals surface area (Å²) in [4.78, 5) is 35.0. The maximum absolute atomic E-state index is 12.5. The number of aryl methyl sites for hydroxylation is 2. The third-order valence-corrected chi connectivity index (χ3v) is 4.50. The normalized spacial score (nSPS) is 14.2. The van der Waals surface area contributed by atoms with Crippen molar-refractivity contribution >= 4 is 11.8 Å². The van der Waals surface area contributed by atoms with Crippen LogP contribution in [0, 0.1) is 13.8 Å². The predicted molar refractivity (Wildman–Crippen MR) is 98.9 cm³/mol. The van der Waals surface area contributed by atoms with Crippen molar-refractivity contribution in [2.24, 2.45) is 0 Å². The van der Waals surface area contributed by atoms with Crippen molar-refractivity contribution in [2.75, 3.05) is 13.1 Å². The van der Waals surface area contributed by atoms with E-state index in [2.05, 4.69) is 15.3 Å². The van der Waals surface area contributed by atoms with Gasteiger partial charge in [-0.05, 0) is 56.9 Å². The van der Waals surface area contributed by atoms with Crippen LogP contribution in [0.4, 0.5) is 0 Å². The van der Waals surface area contributed by atoms with Gasteiger partial charge in [-0.3, -0.25) is 9.59 Å². The van der Waals surface area contributed by atoms with E-state index < -0.39 is 0 Å². The molecule has 1 saturated heterocycles. The summed E-state index contributed by atoms with van der Waals surface area (Å²) >= 11 is 0. The zero-order valence-electron chi connectivity index (χ0n) is 15.3. The van der Waals surface area contributed by atoms with E-state index in [0.29, 0.717) is 23.6 Å². The number of likely N-dealkylation sites (tertiary alicyclic amines) is 1. The lowest BCUT2D eigenvalue weighted by Gasteiger charge is -2.26. The fourth-order valence-corrected chi connectivity index (χ4v) is 3.15. The van der Waals surface area contributed by atoms with Gasteiger partial charge in [0.1, 0.15) is 11.5 Å². The van der Waals surface area contributed by atoms with Crippen molar-refractivity contribution in [3.63, 3.8) is 0 Å². The molecular weight excluding hydrogens is 328 g/mol. The highest BCUT2D eigenvalue weighted by molar-refractivity contribution is 5.94. The third-order valence-electron chi connectivity index (χ3n) is 4.50. The molecule has 0 spiro atoms. The minimum absolute atomic E-state index is 0.0900. The van der Waals surface area contributed by atoms with Gasteiger partial charge in [0.15, 0.2) is 0 Å². The molecule has 6 nitrogen and oxygen atoms in total. The van der Waals surface area contributed by atoms with Gasteiger partial charge in [0, 0.05) is 30.9 Å². The van der Waals surface area contributed by atoms with E-state index in [9.17, 15) is 9.59 Å². The Hall–Kier alpha value is -2.76. The number of nitrogens with one attached hydrogen (secondary N) is 1. The summed E-state index contributed by atoms with van der Waals surface area (Å²) in [6, 6.07) is 9.10. The molecular formula is C20H24N4O2. The lowest BCUT2D eigenvalue weighted by molar-refractivity contribution is 0.0724. The van der Waals surface area contributed by atoms with Crippen molar-refractivity contribution in [1.29, 1.82) is 0 Å². The molecule has 2 heterocycles. The fraction of sp³-hybridized carbons (Fsp3) is 0.400. The molecule has 0 unspecified atom stereocenters. The summed E-state index contributed by atoms with van der Waals surface area (Å²) in [5.74, 6) is 0.440. The molecule has 0 atom stereocenters. The highest BCUT2D eigenvalue weighted by Crippen LogP contribution is 2.14. The quantitative estimate of drug-likeness (QED) is 0.918. The molecule has 1 fully saturated rings. The topological polar surface area (TPSA) is 75.2 Å². The van der Waals surface area contributed by atoms with Gasteiger partial charge >= 0.3 is 0 Å². The van der Waals surface area contributed by atoms with E-state index in [-0.39, 0.29) is 11.8 Å². The van der Waals surface area contributed by atoms with Crippen LogP contribution < -0.4 is 5.32 Å². The standard InChI is InChI=1S/C20H24N4O2/c1-14-12-18(23-15(2)22-14)19(25)21-13-16-6-8-17(9-7-16)20(26)24-10-4-3-5-11-24/h6-9,12H,3-5,10-11,13H2,1-2H3,(H,21,25). The number of piperidine rings is 1. The largest absolute Gasteiger partial charge is 0.347 e. The Balaban J connectivity index is 1.58. The summed E-state index contributed by atoms with van der Waals surface area (Å²) in [7, 11) is 0. The minimum Gasteiger partial charge on any atom is -0.347 e. The van der Waals surface area contributed by atoms with E-state index in [0.717, 1.165) is 37.2 Å². The van der Waals surface area contributed by atoms with Gasteiger partial charge in [-0.1, -0.05) is 12.1 Å². The van der Waals surface area contributed by atoms with E-state index in [4.69, 9.17) is 0 Å². The first-order valence-electron chi connectivity index (χ1n) is 9.01. The highest BCUT2D eigenvalue weighted by Gasteiger charge is 2.18. The van der Waals surface area contributed by atoms with Crippen molar-refractivity contribution in [2.45, 2.75) is 39.7 Å². The van der Waals surface area contributed by atoms with Crippen LogP contribution in [0.5, 0.6) is 0 Å². The summed E-state index contributed by atoms with van der Waals surface area (Å²) in [6.07, 6.45) is 3.36. The van der Waals surface area contributed by atoms with E-state index in [1.54, 1.807) is 13.0 Å². The van der Waals surface area contributed by atoms with Gasteiger partial charge in [-0.2, -0.15) is 0 Å². The van der Waals surface area contributed by atoms with Gasteiger partial charge in [0.05, 0.1) is 0 Å². The van der Waals surface area contributed by atoms with E-state index in [1.807, 2.05) is 36.1 Å². The van der Waals surface area contributed by atoms with Crippen LogP contribution in [-0.2, 0) is 6.54 Å². The minimum atomic E-state index is -0.230. The molecule has 1 aliphatic heterocycles. The number of amides is 2. The zero-order valence-corrected chi connectivity index (χ0v) is 15.3. The van der Waals surface area contributed by atoms with Crippen LogP contribution >= 0.6 is 0 Å². The average molecular weight is 352 g/mol. The van der Waals surface area contributed by atoms with Gasteiger partial charge < -0.3 is 10.2 Å². The first kappa shape index (κ1) is 18.0. The maximum Gasteiger partial charge on any atom is 0.270 e. The van der Waals surface area contributed by atoms with Crippen LogP contribution in [0.2, 0.25) is 0 Å². The Bertz CT molecular complexity index is 776. The summed E-state index contributed by atoms with van der Waals surface area (Å²) in [6.45, 7) is 5.67. The molecule has 1 aliphatic rings. The molecule has 2 amide bonds. The fourth-order valence-electron chi connectivity index (χ4n) is 3.15. The van der Waals surface area contributed by atoms with Crippen molar-refractivity contribution in [3.05, 3.63) is 58.7 Å². The predicted octanol–water partition coefficient (Wildman–Crippen LogP) is 2.65. The average Bonchev–Trinajstić information content (AvgIpc) is 2.66. The lowest BCUT2D eigenvalue weighted by Crippen LogP contribution is -2.35. The molecule has 0 radical (unpaired) electrons. The third kappa shape index (κ3) is 4.45. The van der Waals surface area contributed by atoms with E-state index >= 15 is 0 Å². The lowest BCUT2D eigenvalue weighted by atomic mass is 10.1. The number of hydrogen-bond donors (Lipinski definition) is 1. The Morgan fingerprint density at radius 1 is 1.04 bits per heavy atom. The summed E-state index contributed by atoms with van der Waals surface area (Å²) in [5, 5.41) is 2.86. The number of carbonyl (C=O) groups is 2. The number of rotatable bonds is 4. The first-order chi connectivity index (χ1) is 12.5. The van der Waals surface area contributed by atoms with Crippen LogP contribution in [0.25, 0.3) is 0 Å². The molecule has 2 aromatic rings. The van der Waals surface area contributed by atoms with Crippen LogP contribution in [0.15, 0.2) is 30.3 Å². The zero-order chi connectivity index (χ0) is 18.5. The summed E-state index contributed by atoms with van der Waals surface area (Å²) in [5.41, 5.74) is 2.77. The number of nitrogens with zero attached hydrogens (tertiary/aromatic N) is 3. The molecule has 136 valence electrons. The number of hydrogen-bond acceptors (Lipinski definition) is 4. The molecule has 1 N–H and O–H groups in total. The van der Waals surface area contributed by atoms with Crippen molar-refractivity contribution in [3.8, 4) is 0 Å². The molecule has 3 rings (SSSR count). The SMILES string of the molecule is Cc1cc(C(=O)NCc2ccc(C(=O)N3CCCCC3)cc2)nc(C)n1. The first-order valence-corrected chi connectivity index (χ1v) is 9.01. The molecule has 26 heavy (non-hydrogen) atoms. The smallest absolute Gasteiger partial charge is 0.270 e. The van der Waals surface area contributed by atoms with E-state index in [1.165, 1.54) is 6.42 Å². The number of carbonyl (C=O) groups excluding carboxylic acids is 2. The van der Waals surface area contributed by atoms with Crippen LogP contribution in [0.1, 0.15) is 57.2 Å². The Morgan fingerprint density at radius 3 is 2.38 bits per heavy atom. The van der Waals surface area contributed by atoms with Crippen molar-refractivity contribution in [1.82, 2.24) is 20.2 Å². The van der Waals surface area contributed by atoms with Crippen LogP contribution in [0.3, 0.4) is 0 Å². The van der Waals surface area contributed by atoms with Gasteiger partial charge in [0.25, 0.3) is 11.8 Å². The van der Waals surface area contributed by atoms with Gasteiger partial charge in [-0.25, -0.2) is 9.97 Å².